The van der Waals surface area contributed by atoms with Gasteiger partial charge in [0.2, 0.25) is 5.95 Å². The van der Waals surface area contributed by atoms with E-state index in [0.717, 1.165) is 5.56 Å². The molecule has 1 heterocycles. The molecule has 0 unspecified atom stereocenters. The van der Waals surface area contributed by atoms with Gasteiger partial charge in [-0.3, -0.25) is 4.79 Å². The van der Waals surface area contributed by atoms with Crippen LogP contribution in [0.15, 0.2) is 36.5 Å². The number of carbonyl (C=O) groups is 1. The molecule has 7 heteroatoms. The van der Waals surface area contributed by atoms with Crippen LogP contribution in [-0.2, 0) is 11.3 Å². The highest BCUT2D eigenvalue weighted by Gasteiger charge is 2.08. The Morgan fingerprint density at radius 2 is 2.05 bits per heavy atom. The number of hydrogen-bond acceptors (Lipinski definition) is 5. The second-order valence-corrected chi connectivity index (χ2v) is 4.93. The van der Waals surface area contributed by atoms with Crippen molar-refractivity contribution in [3.05, 3.63) is 52.8 Å². The molecule has 0 aliphatic carbocycles. The molecule has 1 aromatic heterocycles. The summed E-state index contributed by atoms with van der Waals surface area (Å²) in [6, 6.07) is 9.03. The summed E-state index contributed by atoms with van der Waals surface area (Å²) in [5.41, 5.74) is 1.35. The molecule has 2 rings (SSSR count). The molecule has 2 aromatic rings. The monoisotopic (exact) mass is 320 g/mol. The molecule has 116 valence electrons. The summed E-state index contributed by atoms with van der Waals surface area (Å²) in [5.74, 6) is 0.142. The van der Waals surface area contributed by atoms with Crippen molar-refractivity contribution in [3.8, 4) is 0 Å². The normalized spacial score (nSPS) is 10.3. The lowest BCUT2D eigenvalue weighted by Crippen LogP contribution is -2.28. The van der Waals surface area contributed by atoms with E-state index in [1.165, 1.54) is 0 Å². The zero-order chi connectivity index (χ0) is 15.8. The molecule has 0 aliphatic rings. The van der Waals surface area contributed by atoms with Crippen molar-refractivity contribution >= 4 is 23.5 Å². The maximum atomic E-state index is 11.9. The Morgan fingerprint density at radius 3 is 2.77 bits per heavy atom. The van der Waals surface area contributed by atoms with Gasteiger partial charge in [-0.1, -0.05) is 23.7 Å². The third kappa shape index (κ3) is 4.98. The van der Waals surface area contributed by atoms with Gasteiger partial charge < -0.3 is 15.4 Å². The van der Waals surface area contributed by atoms with Gasteiger partial charge in [-0.05, 0) is 23.8 Å². The number of nitrogens with one attached hydrogen (secondary N) is 2. The summed E-state index contributed by atoms with van der Waals surface area (Å²) in [4.78, 5) is 20.2. The number of nitrogens with zero attached hydrogens (tertiary/aromatic N) is 2. The maximum Gasteiger partial charge on any atom is 0.270 e. The van der Waals surface area contributed by atoms with Crippen molar-refractivity contribution in [1.82, 2.24) is 15.3 Å². The zero-order valence-electron chi connectivity index (χ0n) is 12.2. The Kier molecular flexibility index (Phi) is 6.12. The molecule has 0 bridgehead atoms. The number of amides is 1. The molecule has 22 heavy (non-hydrogen) atoms. The van der Waals surface area contributed by atoms with E-state index in [-0.39, 0.29) is 5.91 Å². The van der Waals surface area contributed by atoms with Crippen LogP contribution < -0.4 is 10.6 Å². The fraction of sp³-hybridized carbons (Fsp3) is 0.267. The van der Waals surface area contributed by atoms with E-state index in [1.807, 2.05) is 24.3 Å². The average Bonchev–Trinajstić information content (AvgIpc) is 2.55. The van der Waals surface area contributed by atoms with Crippen LogP contribution in [0, 0.1) is 0 Å². The molecule has 1 amide bonds. The summed E-state index contributed by atoms with van der Waals surface area (Å²) < 4.78 is 4.88. The summed E-state index contributed by atoms with van der Waals surface area (Å²) in [7, 11) is 1.58. The Balaban J connectivity index is 1.93. The molecule has 6 nitrogen and oxygen atoms in total. The first-order chi connectivity index (χ1) is 10.7. The maximum absolute atomic E-state index is 11.9. The first-order valence-corrected chi connectivity index (χ1v) is 7.15. The topological polar surface area (TPSA) is 76.1 Å². The van der Waals surface area contributed by atoms with E-state index in [1.54, 1.807) is 19.4 Å². The molecule has 0 aliphatic heterocycles. The number of carbonyl (C=O) groups excluding carboxylic acids is 1. The molecule has 0 fully saturated rings. The van der Waals surface area contributed by atoms with Crippen molar-refractivity contribution in [2.24, 2.45) is 0 Å². The Bertz CT molecular complexity index is 619. The number of ether oxygens (including phenoxy) is 1. The van der Waals surface area contributed by atoms with E-state index in [4.69, 9.17) is 16.3 Å². The minimum absolute atomic E-state index is 0.256. The van der Waals surface area contributed by atoms with Crippen LogP contribution >= 0.6 is 11.6 Å². The summed E-state index contributed by atoms with van der Waals surface area (Å²) >= 11 is 5.84. The second-order valence-electron chi connectivity index (χ2n) is 4.49. The number of halogens is 1. The van der Waals surface area contributed by atoms with Crippen molar-refractivity contribution in [2.45, 2.75) is 6.54 Å². The fourth-order valence-electron chi connectivity index (χ4n) is 1.71. The van der Waals surface area contributed by atoms with Gasteiger partial charge in [-0.25, -0.2) is 9.97 Å². The van der Waals surface area contributed by atoms with Crippen LogP contribution in [-0.4, -0.2) is 36.1 Å². The van der Waals surface area contributed by atoms with E-state index in [2.05, 4.69) is 20.6 Å². The van der Waals surface area contributed by atoms with Crippen molar-refractivity contribution in [1.29, 1.82) is 0 Å². The lowest BCUT2D eigenvalue weighted by atomic mass is 10.2. The predicted molar refractivity (Wildman–Crippen MR) is 85.0 cm³/mol. The third-order valence-corrected chi connectivity index (χ3v) is 3.10. The standard InChI is InChI=1S/C15H17ClN4O2/c1-22-9-8-17-14(21)13-6-7-18-15(20-13)19-10-11-2-4-12(16)5-3-11/h2-7H,8-10H2,1H3,(H,17,21)(H,18,19,20). The van der Waals surface area contributed by atoms with Crippen molar-refractivity contribution < 1.29 is 9.53 Å². The number of rotatable bonds is 7. The van der Waals surface area contributed by atoms with Gasteiger partial charge in [0.25, 0.3) is 5.91 Å². The molecular formula is C15H17ClN4O2. The second kappa shape index (κ2) is 8.31. The van der Waals surface area contributed by atoms with E-state index < -0.39 is 0 Å². The molecule has 1 aromatic carbocycles. The van der Waals surface area contributed by atoms with Gasteiger partial charge in [0.05, 0.1) is 6.61 Å². The Hall–Kier alpha value is -2.18. The summed E-state index contributed by atoms with van der Waals surface area (Å²) in [6.07, 6.45) is 1.54. The van der Waals surface area contributed by atoms with Crippen LogP contribution in [0.4, 0.5) is 5.95 Å². The van der Waals surface area contributed by atoms with E-state index in [0.29, 0.717) is 36.4 Å². The smallest absolute Gasteiger partial charge is 0.270 e. The van der Waals surface area contributed by atoms with Gasteiger partial charge in [0.1, 0.15) is 5.69 Å². The highest BCUT2D eigenvalue weighted by Crippen LogP contribution is 2.10. The van der Waals surface area contributed by atoms with Crippen LogP contribution in [0.1, 0.15) is 16.1 Å². The van der Waals surface area contributed by atoms with E-state index >= 15 is 0 Å². The van der Waals surface area contributed by atoms with Crippen molar-refractivity contribution in [3.63, 3.8) is 0 Å². The Morgan fingerprint density at radius 1 is 1.27 bits per heavy atom. The van der Waals surface area contributed by atoms with Gasteiger partial charge in [0, 0.05) is 31.4 Å². The predicted octanol–water partition coefficient (Wildman–Crippen LogP) is 2.12. The van der Waals surface area contributed by atoms with Gasteiger partial charge in [-0.15, -0.1) is 0 Å². The summed E-state index contributed by atoms with van der Waals surface area (Å²) in [5, 5.41) is 6.47. The van der Waals surface area contributed by atoms with Gasteiger partial charge in [0.15, 0.2) is 0 Å². The minimum atomic E-state index is -0.256. The largest absolute Gasteiger partial charge is 0.383 e. The van der Waals surface area contributed by atoms with Crippen LogP contribution in [0.25, 0.3) is 0 Å². The third-order valence-electron chi connectivity index (χ3n) is 2.84. The van der Waals surface area contributed by atoms with Gasteiger partial charge in [-0.2, -0.15) is 0 Å². The number of benzene rings is 1. The minimum Gasteiger partial charge on any atom is -0.383 e. The lowest BCUT2D eigenvalue weighted by molar-refractivity contribution is 0.0932. The Labute approximate surface area is 133 Å². The SMILES string of the molecule is COCCNC(=O)c1ccnc(NCc2ccc(Cl)cc2)n1. The van der Waals surface area contributed by atoms with Crippen LogP contribution in [0.2, 0.25) is 5.02 Å². The van der Waals surface area contributed by atoms with Gasteiger partial charge >= 0.3 is 0 Å². The summed E-state index contributed by atoms with van der Waals surface area (Å²) in [6.45, 7) is 1.44. The molecule has 0 atom stereocenters. The number of methoxy groups -OCH3 is 1. The van der Waals surface area contributed by atoms with Crippen LogP contribution in [0.5, 0.6) is 0 Å². The molecule has 0 spiro atoms. The first kappa shape index (κ1) is 16.2. The van der Waals surface area contributed by atoms with Crippen molar-refractivity contribution in [2.75, 3.05) is 25.6 Å². The average molecular weight is 321 g/mol. The number of hydrogen-bond donors (Lipinski definition) is 2. The highest BCUT2D eigenvalue weighted by atomic mass is 35.5. The molecule has 0 saturated heterocycles. The zero-order valence-corrected chi connectivity index (χ0v) is 12.9. The molecular weight excluding hydrogens is 304 g/mol. The highest BCUT2D eigenvalue weighted by molar-refractivity contribution is 6.30. The molecule has 0 radical (unpaired) electrons. The molecule has 0 saturated carbocycles. The quantitative estimate of drug-likeness (QED) is 0.764. The van der Waals surface area contributed by atoms with E-state index in [9.17, 15) is 4.79 Å². The number of aromatic nitrogens is 2. The number of anilines is 1. The fourth-order valence-corrected chi connectivity index (χ4v) is 1.84. The van der Waals surface area contributed by atoms with Crippen LogP contribution in [0.3, 0.4) is 0 Å². The first-order valence-electron chi connectivity index (χ1n) is 6.77. The molecule has 2 N–H and O–H groups in total. The lowest BCUT2D eigenvalue weighted by Gasteiger charge is -2.07.